The fourth-order valence-corrected chi connectivity index (χ4v) is 3.94. The number of hydrogen-bond donors (Lipinski definition) is 0. The van der Waals surface area contributed by atoms with Crippen molar-refractivity contribution in [2.75, 3.05) is 20.6 Å². The van der Waals surface area contributed by atoms with Gasteiger partial charge in [0.15, 0.2) is 0 Å². The zero-order valence-electron chi connectivity index (χ0n) is 16.0. The summed E-state index contributed by atoms with van der Waals surface area (Å²) < 4.78 is 2.06. The van der Waals surface area contributed by atoms with E-state index in [9.17, 15) is 4.79 Å². The Morgan fingerprint density at radius 1 is 1.15 bits per heavy atom. The Kier molecular flexibility index (Phi) is 4.94. The molecule has 1 atom stereocenters. The second-order valence-electron chi connectivity index (χ2n) is 7.49. The SMILES string of the molecule is CN(CC1Cc2ccccc2CN1C)C(=O)CCn1cnc2ccccc21. The van der Waals surface area contributed by atoms with Gasteiger partial charge in [0.1, 0.15) is 0 Å². The predicted octanol–water partition coefficient (Wildman–Crippen LogP) is 2.94. The van der Waals surface area contributed by atoms with Gasteiger partial charge in [0.05, 0.1) is 17.4 Å². The third kappa shape index (κ3) is 3.74. The molecule has 1 aromatic heterocycles. The molecule has 0 radical (unpaired) electrons. The third-order valence-electron chi connectivity index (χ3n) is 5.62. The minimum absolute atomic E-state index is 0.181. The van der Waals surface area contributed by atoms with E-state index in [1.54, 1.807) is 0 Å². The Bertz CT molecular complexity index is 948. The minimum Gasteiger partial charge on any atom is -0.344 e. The molecule has 1 aliphatic rings. The Hall–Kier alpha value is -2.66. The minimum atomic E-state index is 0.181. The van der Waals surface area contributed by atoms with Gasteiger partial charge in [0.25, 0.3) is 0 Å². The van der Waals surface area contributed by atoms with Gasteiger partial charge >= 0.3 is 0 Å². The molecule has 27 heavy (non-hydrogen) atoms. The van der Waals surface area contributed by atoms with Crippen molar-refractivity contribution in [3.05, 3.63) is 66.0 Å². The van der Waals surface area contributed by atoms with E-state index in [4.69, 9.17) is 0 Å². The van der Waals surface area contributed by atoms with Crippen LogP contribution in [0.4, 0.5) is 0 Å². The maximum atomic E-state index is 12.7. The summed E-state index contributed by atoms with van der Waals surface area (Å²) in [5, 5.41) is 0. The van der Waals surface area contributed by atoms with Crippen molar-refractivity contribution in [3.8, 4) is 0 Å². The topological polar surface area (TPSA) is 41.4 Å². The molecule has 2 aromatic carbocycles. The monoisotopic (exact) mass is 362 g/mol. The van der Waals surface area contributed by atoms with E-state index in [1.807, 2.05) is 42.5 Å². The lowest BCUT2D eigenvalue weighted by Gasteiger charge is -2.36. The standard InChI is InChI=1S/C22H26N4O/c1-24-14-18-8-4-3-7-17(18)13-19(24)15-25(2)22(27)11-12-26-16-23-20-9-5-6-10-21(20)26/h3-10,16,19H,11-15H2,1-2H3. The van der Waals surface area contributed by atoms with Crippen LogP contribution in [0.5, 0.6) is 0 Å². The van der Waals surface area contributed by atoms with Crippen LogP contribution in [0.25, 0.3) is 11.0 Å². The van der Waals surface area contributed by atoms with Crippen LogP contribution in [0.2, 0.25) is 0 Å². The molecule has 2 heterocycles. The Morgan fingerprint density at radius 2 is 1.89 bits per heavy atom. The smallest absolute Gasteiger partial charge is 0.224 e. The highest BCUT2D eigenvalue weighted by atomic mass is 16.2. The Balaban J connectivity index is 1.35. The van der Waals surface area contributed by atoms with Crippen LogP contribution in [-0.4, -0.2) is 51.9 Å². The van der Waals surface area contributed by atoms with Gasteiger partial charge in [-0.3, -0.25) is 9.69 Å². The maximum Gasteiger partial charge on any atom is 0.224 e. The maximum absolute atomic E-state index is 12.7. The zero-order chi connectivity index (χ0) is 18.8. The summed E-state index contributed by atoms with van der Waals surface area (Å²) >= 11 is 0. The number of benzene rings is 2. The number of aromatic nitrogens is 2. The number of imidazole rings is 1. The molecule has 1 amide bonds. The van der Waals surface area contributed by atoms with Crippen molar-refractivity contribution in [1.29, 1.82) is 0 Å². The van der Waals surface area contributed by atoms with E-state index >= 15 is 0 Å². The number of nitrogens with zero attached hydrogens (tertiary/aromatic N) is 4. The summed E-state index contributed by atoms with van der Waals surface area (Å²) in [6.07, 6.45) is 3.31. The van der Waals surface area contributed by atoms with E-state index in [0.29, 0.717) is 19.0 Å². The molecule has 4 rings (SSSR count). The Morgan fingerprint density at radius 3 is 2.74 bits per heavy atom. The average Bonchev–Trinajstić information content (AvgIpc) is 3.10. The van der Waals surface area contributed by atoms with Crippen molar-refractivity contribution in [3.63, 3.8) is 0 Å². The lowest BCUT2D eigenvalue weighted by Crippen LogP contribution is -2.46. The van der Waals surface area contributed by atoms with Crippen molar-refractivity contribution < 1.29 is 4.79 Å². The van der Waals surface area contributed by atoms with Crippen molar-refractivity contribution in [1.82, 2.24) is 19.4 Å². The fourth-order valence-electron chi connectivity index (χ4n) is 3.94. The second-order valence-corrected chi connectivity index (χ2v) is 7.49. The highest BCUT2D eigenvalue weighted by molar-refractivity contribution is 5.77. The van der Waals surface area contributed by atoms with Crippen LogP contribution in [0, 0.1) is 0 Å². The van der Waals surface area contributed by atoms with E-state index in [1.165, 1.54) is 11.1 Å². The number of para-hydroxylation sites is 2. The molecular formula is C22H26N4O. The number of amides is 1. The largest absolute Gasteiger partial charge is 0.344 e. The van der Waals surface area contributed by atoms with Crippen LogP contribution in [0.15, 0.2) is 54.9 Å². The fraction of sp³-hybridized carbons (Fsp3) is 0.364. The number of fused-ring (bicyclic) bond motifs is 2. The highest BCUT2D eigenvalue weighted by Gasteiger charge is 2.25. The van der Waals surface area contributed by atoms with Gasteiger partial charge in [-0.05, 0) is 36.7 Å². The first-order valence-corrected chi connectivity index (χ1v) is 9.52. The molecule has 140 valence electrons. The molecule has 0 N–H and O–H groups in total. The number of rotatable bonds is 5. The van der Waals surface area contributed by atoms with E-state index in [2.05, 4.69) is 45.8 Å². The molecule has 0 aliphatic carbocycles. The number of likely N-dealkylation sites (N-methyl/N-ethyl adjacent to an activating group) is 2. The number of carbonyl (C=O) groups is 1. The first-order chi connectivity index (χ1) is 13.1. The Labute approximate surface area is 160 Å². The van der Waals surface area contributed by atoms with Gasteiger partial charge in [0, 0.05) is 39.1 Å². The first-order valence-electron chi connectivity index (χ1n) is 9.52. The normalized spacial score (nSPS) is 17.0. The van der Waals surface area contributed by atoms with Crippen LogP contribution < -0.4 is 0 Å². The number of carbonyl (C=O) groups excluding carboxylic acids is 1. The molecule has 0 bridgehead atoms. The summed E-state index contributed by atoms with van der Waals surface area (Å²) in [6, 6.07) is 17.0. The van der Waals surface area contributed by atoms with Gasteiger partial charge in [-0.1, -0.05) is 36.4 Å². The van der Waals surface area contributed by atoms with Crippen molar-refractivity contribution in [2.45, 2.75) is 32.0 Å². The van der Waals surface area contributed by atoms with Crippen LogP contribution in [-0.2, 0) is 24.3 Å². The van der Waals surface area contributed by atoms with Crippen molar-refractivity contribution >= 4 is 16.9 Å². The quantitative estimate of drug-likeness (QED) is 0.701. The van der Waals surface area contributed by atoms with E-state index < -0.39 is 0 Å². The van der Waals surface area contributed by atoms with Gasteiger partial charge in [-0.2, -0.15) is 0 Å². The van der Waals surface area contributed by atoms with Crippen LogP contribution in [0.3, 0.4) is 0 Å². The summed E-state index contributed by atoms with van der Waals surface area (Å²) in [5.74, 6) is 0.181. The molecule has 5 heteroatoms. The van der Waals surface area contributed by atoms with Gasteiger partial charge in [-0.15, -0.1) is 0 Å². The number of aryl methyl sites for hydroxylation is 1. The molecule has 5 nitrogen and oxygen atoms in total. The molecule has 0 saturated carbocycles. The molecule has 0 spiro atoms. The molecule has 0 saturated heterocycles. The summed E-state index contributed by atoms with van der Waals surface area (Å²) in [7, 11) is 4.07. The second kappa shape index (κ2) is 7.53. The molecule has 1 aliphatic heterocycles. The first kappa shape index (κ1) is 17.7. The molecule has 3 aromatic rings. The van der Waals surface area contributed by atoms with Crippen LogP contribution >= 0.6 is 0 Å². The molecular weight excluding hydrogens is 336 g/mol. The van der Waals surface area contributed by atoms with Gasteiger partial charge < -0.3 is 9.47 Å². The zero-order valence-corrected chi connectivity index (χ0v) is 16.0. The summed E-state index contributed by atoms with van der Waals surface area (Å²) in [6.45, 7) is 2.37. The van der Waals surface area contributed by atoms with Gasteiger partial charge in [0.2, 0.25) is 5.91 Å². The summed E-state index contributed by atoms with van der Waals surface area (Å²) in [5.41, 5.74) is 4.86. The molecule has 1 unspecified atom stereocenters. The average molecular weight is 362 g/mol. The predicted molar refractivity (Wildman–Crippen MR) is 107 cm³/mol. The third-order valence-corrected chi connectivity index (χ3v) is 5.62. The highest BCUT2D eigenvalue weighted by Crippen LogP contribution is 2.22. The lowest BCUT2D eigenvalue weighted by molar-refractivity contribution is -0.130. The lowest BCUT2D eigenvalue weighted by atomic mass is 9.94. The van der Waals surface area contributed by atoms with Crippen molar-refractivity contribution in [2.24, 2.45) is 0 Å². The summed E-state index contributed by atoms with van der Waals surface area (Å²) in [4.78, 5) is 21.3. The van der Waals surface area contributed by atoms with E-state index in [-0.39, 0.29) is 5.91 Å². The van der Waals surface area contributed by atoms with Crippen LogP contribution in [0.1, 0.15) is 17.5 Å². The van der Waals surface area contributed by atoms with E-state index in [0.717, 1.165) is 30.5 Å². The molecule has 0 fully saturated rings. The number of hydrogen-bond acceptors (Lipinski definition) is 3. The van der Waals surface area contributed by atoms with Gasteiger partial charge in [-0.25, -0.2) is 4.98 Å².